The lowest BCUT2D eigenvalue weighted by molar-refractivity contribution is 0.240. The highest BCUT2D eigenvalue weighted by Gasteiger charge is 2.27. The highest BCUT2D eigenvalue weighted by atomic mass is 16.5. The highest BCUT2D eigenvalue weighted by Crippen LogP contribution is 2.28. The lowest BCUT2D eigenvalue weighted by Crippen LogP contribution is -2.39. The van der Waals surface area contributed by atoms with Crippen molar-refractivity contribution in [2.45, 2.75) is 57.8 Å². The molecular formula is C14H21N5O2. The third-order valence-electron chi connectivity index (χ3n) is 4.01. The number of aliphatic hydroxyl groups excluding tert-OH is 1. The molecule has 3 rings (SSSR count). The Morgan fingerprint density at radius 2 is 2.24 bits per heavy atom. The summed E-state index contributed by atoms with van der Waals surface area (Å²) >= 11 is 0. The molecule has 2 N–H and O–H groups in total. The van der Waals surface area contributed by atoms with Crippen LogP contribution in [0.5, 0.6) is 0 Å². The van der Waals surface area contributed by atoms with E-state index in [-0.39, 0.29) is 12.6 Å². The van der Waals surface area contributed by atoms with Crippen LogP contribution in [-0.2, 0) is 13.2 Å². The molecule has 0 spiro atoms. The van der Waals surface area contributed by atoms with Crippen LogP contribution in [0.4, 0.5) is 0 Å². The molecule has 0 aliphatic heterocycles. The molecule has 7 heteroatoms. The molecule has 0 saturated heterocycles. The number of hydrogen-bond donors (Lipinski definition) is 2. The van der Waals surface area contributed by atoms with Crippen molar-refractivity contribution < 1.29 is 9.63 Å². The predicted molar refractivity (Wildman–Crippen MR) is 75.3 cm³/mol. The van der Waals surface area contributed by atoms with E-state index in [0.717, 1.165) is 24.3 Å². The van der Waals surface area contributed by atoms with Gasteiger partial charge in [-0.3, -0.25) is 0 Å². The normalized spacial score (nSPS) is 22.6. The standard InChI is InChI=1S/C14H21N5O2/c1-10-6-11(17-21-10)7-15-13-4-2-3-5-14(13)19-8-12(9-20)16-18-19/h6,8,13-15,20H,2-5,7,9H2,1H3/t13-,14+/m0/s1. The second-order valence-corrected chi connectivity index (χ2v) is 5.62. The van der Waals surface area contributed by atoms with Gasteiger partial charge in [-0.2, -0.15) is 0 Å². The molecular weight excluding hydrogens is 270 g/mol. The Morgan fingerprint density at radius 1 is 1.38 bits per heavy atom. The summed E-state index contributed by atoms with van der Waals surface area (Å²) in [6.45, 7) is 2.52. The van der Waals surface area contributed by atoms with E-state index in [4.69, 9.17) is 9.63 Å². The van der Waals surface area contributed by atoms with Crippen molar-refractivity contribution in [3.8, 4) is 0 Å². The van der Waals surface area contributed by atoms with Gasteiger partial charge in [-0.05, 0) is 19.8 Å². The SMILES string of the molecule is Cc1cc(CN[C@H]2CCCC[C@H]2n2cc(CO)nn2)no1. The average molecular weight is 291 g/mol. The first-order chi connectivity index (χ1) is 10.3. The predicted octanol–water partition coefficient (Wildman–Crippen LogP) is 1.34. The number of aliphatic hydroxyl groups is 1. The lowest BCUT2D eigenvalue weighted by atomic mass is 9.90. The first-order valence-corrected chi connectivity index (χ1v) is 7.43. The van der Waals surface area contributed by atoms with Gasteiger partial charge in [0, 0.05) is 18.7 Å². The molecule has 0 aromatic carbocycles. The van der Waals surface area contributed by atoms with Crippen LogP contribution >= 0.6 is 0 Å². The molecule has 21 heavy (non-hydrogen) atoms. The van der Waals surface area contributed by atoms with Gasteiger partial charge < -0.3 is 14.9 Å². The molecule has 0 unspecified atom stereocenters. The number of hydrogen-bond acceptors (Lipinski definition) is 6. The summed E-state index contributed by atoms with van der Waals surface area (Å²) in [5.74, 6) is 0.829. The van der Waals surface area contributed by atoms with Gasteiger partial charge in [-0.15, -0.1) is 5.10 Å². The maximum atomic E-state index is 9.12. The Bertz CT molecular complexity index is 579. The Balaban J connectivity index is 1.66. The zero-order chi connectivity index (χ0) is 14.7. The summed E-state index contributed by atoms with van der Waals surface area (Å²) in [7, 11) is 0. The first-order valence-electron chi connectivity index (χ1n) is 7.43. The van der Waals surface area contributed by atoms with E-state index in [1.807, 2.05) is 23.9 Å². The van der Waals surface area contributed by atoms with E-state index >= 15 is 0 Å². The fourth-order valence-corrected chi connectivity index (χ4v) is 2.95. The van der Waals surface area contributed by atoms with Crippen molar-refractivity contribution in [1.82, 2.24) is 25.5 Å². The molecule has 1 saturated carbocycles. The summed E-state index contributed by atoms with van der Waals surface area (Å²) in [6.07, 6.45) is 6.43. The molecule has 1 aliphatic carbocycles. The zero-order valence-electron chi connectivity index (χ0n) is 12.2. The van der Waals surface area contributed by atoms with Crippen molar-refractivity contribution >= 4 is 0 Å². The molecule has 0 amide bonds. The Morgan fingerprint density at radius 3 is 2.95 bits per heavy atom. The van der Waals surface area contributed by atoms with Crippen molar-refractivity contribution in [1.29, 1.82) is 0 Å². The van der Waals surface area contributed by atoms with E-state index in [9.17, 15) is 0 Å². The summed E-state index contributed by atoms with van der Waals surface area (Å²) in [5, 5.41) is 24.8. The molecule has 0 radical (unpaired) electrons. The summed E-state index contributed by atoms with van der Waals surface area (Å²) in [5.41, 5.74) is 1.54. The van der Waals surface area contributed by atoms with E-state index in [1.165, 1.54) is 12.8 Å². The van der Waals surface area contributed by atoms with Gasteiger partial charge in [0.25, 0.3) is 0 Å². The quantitative estimate of drug-likeness (QED) is 0.864. The van der Waals surface area contributed by atoms with Gasteiger partial charge >= 0.3 is 0 Å². The number of nitrogens with one attached hydrogen (secondary N) is 1. The van der Waals surface area contributed by atoms with Crippen LogP contribution in [-0.4, -0.2) is 31.3 Å². The third-order valence-corrected chi connectivity index (χ3v) is 4.01. The van der Waals surface area contributed by atoms with Crippen molar-refractivity contribution in [2.75, 3.05) is 0 Å². The zero-order valence-corrected chi connectivity index (χ0v) is 12.2. The second kappa shape index (κ2) is 6.36. The molecule has 2 aromatic rings. The van der Waals surface area contributed by atoms with Gasteiger partial charge in [0.2, 0.25) is 0 Å². The molecule has 114 valence electrons. The molecule has 1 fully saturated rings. The van der Waals surface area contributed by atoms with E-state index in [2.05, 4.69) is 20.8 Å². The Kier molecular flexibility index (Phi) is 4.31. The van der Waals surface area contributed by atoms with Crippen LogP contribution in [0.2, 0.25) is 0 Å². The minimum Gasteiger partial charge on any atom is -0.390 e. The largest absolute Gasteiger partial charge is 0.390 e. The van der Waals surface area contributed by atoms with E-state index in [0.29, 0.717) is 18.3 Å². The second-order valence-electron chi connectivity index (χ2n) is 5.62. The fourth-order valence-electron chi connectivity index (χ4n) is 2.95. The minimum absolute atomic E-state index is 0.0664. The maximum absolute atomic E-state index is 9.12. The third kappa shape index (κ3) is 3.30. The maximum Gasteiger partial charge on any atom is 0.133 e. The summed E-state index contributed by atoms with van der Waals surface area (Å²) in [6, 6.07) is 2.56. The minimum atomic E-state index is -0.0664. The molecule has 7 nitrogen and oxygen atoms in total. The Labute approximate surface area is 123 Å². The number of nitrogens with zero attached hydrogens (tertiary/aromatic N) is 4. The molecule has 2 heterocycles. The van der Waals surface area contributed by atoms with E-state index < -0.39 is 0 Å². The van der Waals surface area contributed by atoms with Crippen LogP contribution in [0.15, 0.2) is 16.8 Å². The average Bonchev–Trinajstić information content (AvgIpc) is 3.14. The van der Waals surface area contributed by atoms with Gasteiger partial charge in [0.15, 0.2) is 0 Å². The monoisotopic (exact) mass is 291 g/mol. The fraction of sp³-hybridized carbons (Fsp3) is 0.643. The smallest absolute Gasteiger partial charge is 0.133 e. The molecule has 2 aromatic heterocycles. The summed E-state index contributed by atoms with van der Waals surface area (Å²) < 4.78 is 6.97. The van der Waals surface area contributed by atoms with Gasteiger partial charge in [0.05, 0.1) is 24.5 Å². The van der Waals surface area contributed by atoms with Crippen molar-refractivity contribution in [2.24, 2.45) is 0 Å². The Hall–Kier alpha value is -1.73. The topological polar surface area (TPSA) is 89.0 Å². The van der Waals surface area contributed by atoms with Crippen molar-refractivity contribution in [3.05, 3.63) is 29.4 Å². The number of rotatable bonds is 5. The van der Waals surface area contributed by atoms with Crippen LogP contribution in [0.1, 0.15) is 48.9 Å². The number of aryl methyl sites for hydroxylation is 1. The van der Waals surface area contributed by atoms with E-state index in [1.54, 1.807) is 0 Å². The van der Waals surface area contributed by atoms with Gasteiger partial charge in [-0.1, -0.05) is 23.2 Å². The van der Waals surface area contributed by atoms with Crippen LogP contribution < -0.4 is 5.32 Å². The van der Waals surface area contributed by atoms with Crippen LogP contribution in [0.3, 0.4) is 0 Å². The first kappa shape index (κ1) is 14.2. The summed E-state index contributed by atoms with van der Waals surface area (Å²) in [4.78, 5) is 0. The molecule has 2 atom stereocenters. The molecule has 0 bridgehead atoms. The van der Waals surface area contributed by atoms with Gasteiger partial charge in [0.1, 0.15) is 11.5 Å². The highest BCUT2D eigenvalue weighted by molar-refractivity contribution is 5.03. The lowest BCUT2D eigenvalue weighted by Gasteiger charge is -2.31. The van der Waals surface area contributed by atoms with Crippen LogP contribution in [0, 0.1) is 6.92 Å². The van der Waals surface area contributed by atoms with Crippen LogP contribution in [0.25, 0.3) is 0 Å². The van der Waals surface area contributed by atoms with Crippen molar-refractivity contribution in [3.63, 3.8) is 0 Å². The van der Waals surface area contributed by atoms with Gasteiger partial charge in [-0.25, -0.2) is 4.68 Å². The number of aromatic nitrogens is 4. The molecule has 1 aliphatic rings.